The van der Waals surface area contributed by atoms with Crippen LogP contribution in [0, 0.1) is 13.8 Å². The Morgan fingerprint density at radius 2 is 1.91 bits per heavy atom. The summed E-state index contributed by atoms with van der Waals surface area (Å²) in [7, 11) is 0. The molecule has 0 aliphatic carbocycles. The van der Waals surface area contributed by atoms with Crippen LogP contribution in [0.3, 0.4) is 0 Å². The highest BCUT2D eigenvalue weighted by Crippen LogP contribution is 2.30. The fourth-order valence-electron chi connectivity index (χ4n) is 4.21. The van der Waals surface area contributed by atoms with Gasteiger partial charge in [-0.05, 0) is 92.1 Å². The summed E-state index contributed by atoms with van der Waals surface area (Å²) in [6, 6.07) is 6.09. The molecule has 0 aliphatic rings. The van der Waals surface area contributed by atoms with E-state index in [9.17, 15) is 9.90 Å². The predicted molar refractivity (Wildman–Crippen MR) is 131 cm³/mol. The van der Waals surface area contributed by atoms with Crippen molar-refractivity contribution in [2.75, 3.05) is 13.2 Å². The molecule has 33 heavy (non-hydrogen) atoms. The zero-order valence-corrected chi connectivity index (χ0v) is 20.9. The SMILES string of the molecule is CCC[C@@H](c1nnnn1C(C)(C)CC)N(CCCO)Cc1cc2cc(C)c(C)cc2[nH]c1=O. The summed E-state index contributed by atoms with van der Waals surface area (Å²) in [6.45, 7) is 13.9. The maximum Gasteiger partial charge on any atom is 0.252 e. The third-order valence-electron chi connectivity index (χ3n) is 6.75. The van der Waals surface area contributed by atoms with Gasteiger partial charge in [-0.3, -0.25) is 9.69 Å². The molecule has 0 unspecified atom stereocenters. The predicted octanol–water partition coefficient (Wildman–Crippen LogP) is 4.00. The minimum Gasteiger partial charge on any atom is -0.396 e. The Morgan fingerprint density at radius 3 is 2.58 bits per heavy atom. The molecule has 0 fully saturated rings. The van der Waals surface area contributed by atoms with E-state index in [1.165, 1.54) is 5.56 Å². The molecule has 180 valence electrons. The van der Waals surface area contributed by atoms with E-state index in [0.717, 1.165) is 41.6 Å². The van der Waals surface area contributed by atoms with Crippen LogP contribution in [0.1, 0.15) is 81.9 Å². The van der Waals surface area contributed by atoms with E-state index in [-0.39, 0.29) is 23.7 Å². The highest BCUT2D eigenvalue weighted by molar-refractivity contribution is 5.80. The van der Waals surface area contributed by atoms with Crippen LogP contribution in [0.5, 0.6) is 0 Å². The number of rotatable bonds is 11. The summed E-state index contributed by atoms with van der Waals surface area (Å²) < 4.78 is 1.93. The summed E-state index contributed by atoms with van der Waals surface area (Å²) in [5.41, 5.74) is 3.62. The lowest BCUT2D eigenvalue weighted by atomic mass is 10.0. The smallest absolute Gasteiger partial charge is 0.252 e. The average Bonchev–Trinajstić information content (AvgIpc) is 3.27. The Hall–Kier alpha value is -2.58. The number of hydrogen-bond acceptors (Lipinski definition) is 6. The van der Waals surface area contributed by atoms with Crippen LogP contribution in [0.2, 0.25) is 0 Å². The van der Waals surface area contributed by atoms with Gasteiger partial charge in [0.1, 0.15) is 0 Å². The molecule has 0 amide bonds. The first-order chi connectivity index (χ1) is 15.7. The first-order valence-electron chi connectivity index (χ1n) is 12.0. The first-order valence-corrected chi connectivity index (χ1v) is 12.0. The molecule has 1 atom stereocenters. The molecule has 0 bridgehead atoms. The van der Waals surface area contributed by atoms with E-state index in [4.69, 9.17) is 0 Å². The van der Waals surface area contributed by atoms with E-state index < -0.39 is 0 Å². The van der Waals surface area contributed by atoms with E-state index in [0.29, 0.717) is 25.1 Å². The van der Waals surface area contributed by atoms with E-state index >= 15 is 0 Å². The summed E-state index contributed by atoms with van der Waals surface area (Å²) in [5.74, 6) is 0.810. The number of aliphatic hydroxyl groups is 1. The van der Waals surface area contributed by atoms with Crippen molar-refractivity contribution in [3.8, 4) is 0 Å². The standard InChI is InChI=1S/C25H38N6O2/c1-7-10-22(23-27-28-29-31(23)25(5,6)8-2)30(11-9-12-32)16-20-15-19-13-17(3)18(4)14-21(19)26-24(20)33/h13-15,22,32H,7-12,16H2,1-6H3,(H,26,33)/t22-/m0/s1. The number of fused-ring (bicyclic) bond motifs is 1. The van der Waals surface area contributed by atoms with E-state index in [2.05, 4.69) is 73.0 Å². The molecule has 0 saturated heterocycles. The van der Waals surface area contributed by atoms with Crippen LogP contribution >= 0.6 is 0 Å². The summed E-state index contributed by atoms with van der Waals surface area (Å²) >= 11 is 0. The molecule has 1 aromatic carbocycles. The van der Waals surface area contributed by atoms with Crippen molar-refractivity contribution in [1.82, 2.24) is 30.1 Å². The van der Waals surface area contributed by atoms with Crippen LogP contribution in [0.4, 0.5) is 0 Å². The number of hydrogen-bond donors (Lipinski definition) is 2. The number of aromatic amines is 1. The Balaban J connectivity index is 2.04. The fourth-order valence-corrected chi connectivity index (χ4v) is 4.21. The molecule has 2 heterocycles. The zero-order valence-electron chi connectivity index (χ0n) is 20.9. The highest BCUT2D eigenvalue weighted by atomic mass is 16.3. The second kappa shape index (κ2) is 10.6. The maximum atomic E-state index is 13.0. The minimum absolute atomic E-state index is 0.0581. The second-order valence-corrected chi connectivity index (χ2v) is 9.61. The van der Waals surface area contributed by atoms with Gasteiger partial charge in [-0.25, -0.2) is 4.68 Å². The van der Waals surface area contributed by atoms with Gasteiger partial charge in [-0.2, -0.15) is 0 Å². The van der Waals surface area contributed by atoms with Gasteiger partial charge < -0.3 is 10.1 Å². The number of benzene rings is 1. The van der Waals surface area contributed by atoms with Crippen molar-refractivity contribution >= 4 is 10.9 Å². The van der Waals surface area contributed by atoms with Crippen molar-refractivity contribution in [2.24, 2.45) is 0 Å². The fraction of sp³-hybridized carbons (Fsp3) is 0.600. The Kier molecular flexibility index (Phi) is 8.02. The van der Waals surface area contributed by atoms with Gasteiger partial charge in [-0.1, -0.05) is 20.3 Å². The summed E-state index contributed by atoms with van der Waals surface area (Å²) in [5, 5.41) is 23.3. The summed E-state index contributed by atoms with van der Waals surface area (Å²) in [4.78, 5) is 18.3. The van der Waals surface area contributed by atoms with Gasteiger partial charge in [0.05, 0.1) is 11.6 Å². The molecule has 3 aromatic rings. The molecule has 8 nitrogen and oxygen atoms in total. The van der Waals surface area contributed by atoms with E-state index in [1.807, 2.05) is 16.8 Å². The topological polar surface area (TPSA) is 99.9 Å². The third kappa shape index (κ3) is 5.50. The molecular formula is C25H38N6O2. The monoisotopic (exact) mass is 454 g/mol. The van der Waals surface area contributed by atoms with Crippen molar-refractivity contribution in [2.45, 2.75) is 85.4 Å². The van der Waals surface area contributed by atoms with Crippen molar-refractivity contribution in [1.29, 1.82) is 0 Å². The lowest BCUT2D eigenvalue weighted by molar-refractivity contribution is 0.139. The zero-order chi connectivity index (χ0) is 24.2. The molecule has 0 aliphatic heterocycles. The number of aromatic nitrogens is 5. The van der Waals surface area contributed by atoms with Gasteiger partial charge in [0.2, 0.25) is 0 Å². The number of tetrazole rings is 1. The number of H-pyrrole nitrogens is 1. The van der Waals surface area contributed by atoms with Crippen LogP contribution in [-0.2, 0) is 12.1 Å². The maximum absolute atomic E-state index is 13.0. The molecule has 0 saturated carbocycles. The van der Waals surface area contributed by atoms with Gasteiger partial charge in [-0.15, -0.1) is 5.10 Å². The van der Waals surface area contributed by atoms with Crippen LogP contribution < -0.4 is 5.56 Å². The molecule has 0 radical (unpaired) electrons. The number of aryl methyl sites for hydroxylation is 2. The molecular weight excluding hydrogens is 416 g/mol. The van der Waals surface area contributed by atoms with Gasteiger partial charge in [0.25, 0.3) is 5.56 Å². The number of nitrogens with one attached hydrogen (secondary N) is 1. The highest BCUT2D eigenvalue weighted by Gasteiger charge is 2.31. The number of pyridine rings is 1. The van der Waals surface area contributed by atoms with Gasteiger partial charge >= 0.3 is 0 Å². The van der Waals surface area contributed by atoms with Crippen molar-refractivity contribution in [3.63, 3.8) is 0 Å². The average molecular weight is 455 g/mol. The number of nitrogens with zero attached hydrogens (tertiary/aromatic N) is 5. The lowest BCUT2D eigenvalue weighted by Crippen LogP contribution is -2.37. The molecule has 2 N–H and O–H groups in total. The molecule has 8 heteroatoms. The largest absolute Gasteiger partial charge is 0.396 e. The second-order valence-electron chi connectivity index (χ2n) is 9.61. The third-order valence-corrected chi connectivity index (χ3v) is 6.75. The number of aliphatic hydroxyl groups excluding tert-OH is 1. The van der Waals surface area contributed by atoms with Crippen molar-refractivity contribution in [3.05, 3.63) is 51.1 Å². The van der Waals surface area contributed by atoms with Crippen molar-refractivity contribution < 1.29 is 5.11 Å². The normalized spacial score (nSPS) is 13.2. The molecule has 2 aromatic heterocycles. The first kappa shape index (κ1) is 25.1. The van der Waals surface area contributed by atoms with Crippen LogP contribution in [0.25, 0.3) is 10.9 Å². The Bertz CT molecular complexity index is 1130. The van der Waals surface area contributed by atoms with Gasteiger partial charge in [0, 0.05) is 30.8 Å². The molecule has 0 spiro atoms. The minimum atomic E-state index is -0.219. The van der Waals surface area contributed by atoms with E-state index in [1.54, 1.807) is 0 Å². The van der Waals surface area contributed by atoms with Gasteiger partial charge in [0.15, 0.2) is 5.82 Å². The van der Waals surface area contributed by atoms with Crippen LogP contribution in [0.15, 0.2) is 23.0 Å². The molecule has 3 rings (SSSR count). The van der Waals surface area contributed by atoms with Crippen LogP contribution in [-0.4, -0.2) is 48.3 Å². The quantitative estimate of drug-likeness (QED) is 0.454. The Labute approximate surface area is 196 Å². The Morgan fingerprint density at radius 1 is 1.18 bits per heavy atom. The summed E-state index contributed by atoms with van der Waals surface area (Å²) in [6.07, 6.45) is 3.31. The lowest BCUT2D eigenvalue weighted by Gasteiger charge is -2.33.